The summed E-state index contributed by atoms with van der Waals surface area (Å²) in [6.45, 7) is 0. The minimum atomic E-state index is 0.276. The van der Waals surface area contributed by atoms with Gasteiger partial charge in [0.2, 0.25) is 0 Å². The first-order valence-corrected chi connectivity index (χ1v) is 8.34. The van der Waals surface area contributed by atoms with Gasteiger partial charge in [-0.25, -0.2) is 0 Å². The lowest BCUT2D eigenvalue weighted by Crippen LogP contribution is -2.14. The fourth-order valence-electron chi connectivity index (χ4n) is 2.45. The standard InChI is InChI=1S/C16H20O2S/c17-16(10-12-6-8-19-9-7-12)13-2-1-3-15(11-13)18-14-4-5-14/h1-3,11-12,14H,4-10H2. The molecule has 0 bridgehead atoms. The maximum absolute atomic E-state index is 12.3. The Morgan fingerprint density at radius 2 is 2.00 bits per heavy atom. The van der Waals surface area contributed by atoms with Crippen LogP contribution < -0.4 is 4.74 Å². The lowest BCUT2D eigenvalue weighted by Gasteiger charge is -2.20. The zero-order chi connectivity index (χ0) is 13.1. The van der Waals surface area contributed by atoms with E-state index in [9.17, 15) is 4.79 Å². The highest BCUT2D eigenvalue weighted by molar-refractivity contribution is 7.99. The van der Waals surface area contributed by atoms with Gasteiger partial charge in [0.15, 0.2) is 5.78 Å². The number of Topliss-reactive ketones (excluding diaryl/α,β-unsaturated/α-hetero) is 1. The molecule has 3 rings (SSSR count). The van der Waals surface area contributed by atoms with Crippen LogP contribution in [0.2, 0.25) is 0 Å². The Bertz CT molecular complexity index is 448. The second-order valence-corrected chi connectivity index (χ2v) is 6.75. The number of carbonyl (C=O) groups excluding carboxylic acids is 1. The Kier molecular flexibility index (Phi) is 4.12. The van der Waals surface area contributed by atoms with Crippen LogP contribution in [-0.4, -0.2) is 23.4 Å². The molecular formula is C16H20O2S. The second-order valence-electron chi connectivity index (χ2n) is 5.53. The summed E-state index contributed by atoms with van der Waals surface area (Å²) < 4.78 is 5.75. The van der Waals surface area contributed by atoms with E-state index in [1.807, 2.05) is 36.0 Å². The molecule has 19 heavy (non-hydrogen) atoms. The van der Waals surface area contributed by atoms with Gasteiger partial charge in [-0.05, 0) is 55.2 Å². The molecule has 1 heterocycles. The number of hydrogen-bond acceptors (Lipinski definition) is 3. The first kappa shape index (κ1) is 13.0. The van der Waals surface area contributed by atoms with Crippen LogP contribution >= 0.6 is 11.8 Å². The molecule has 0 aromatic heterocycles. The van der Waals surface area contributed by atoms with Crippen LogP contribution in [0.3, 0.4) is 0 Å². The van der Waals surface area contributed by atoms with Crippen molar-refractivity contribution in [3.8, 4) is 5.75 Å². The fourth-order valence-corrected chi connectivity index (χ4v) is 3.66. The van der Waals surface area contributed by atoms with Crippen molar-refractivity contribution in [1.29, 1.82) is 0 Å². The summed E-state index contributed by atoms with van der Waals surface area (Å²) in [5.41, 5.74) is 0.816. The van der Waals surface area contributed by atoms with E-state index in [2.05, 4.69) is 0 Å². The van der Waals surface area contributed by atoms with Crippen molar-refractivity contribution >= 4 is 17.5 Å². The van der Waals surface area contributed by atoms with E-state index in [0.717, 1.165) is 24.2 Å². The van der Waals surface area contributed by atoms with Gasteiger partial charge < -0.3 is 4.74 Å². The molecule has 2 aliphatic rings. The molecule has 0 unspecified atom stereocenters. The Morgan fingerprint density at radius 1 is 1.21 bits per heavy atom. The molecule has 0 radical (unpaired) electrons. The number of carbonyl (C=O) groups is 1. The third-order valence-corrected chi connectivity index (χ3v) is 4.85. The third-order valence-electron chi connectivity index (χ3n) is 3.80. The molecule has 1 saturated heterocycles. The SMILES string of the molecule is O=C(CC1CCSCC1)c1cccc(OC2CC2)c1. The quantitative estimate of drug-likeness (QED) is 0.762. The van der Waals surface area contributed by atoms with Gasteiger partial charge in [-0.1, -0.05) is 12.1 Å². The molecule has 1 aromatic carbocycles. The maximum Gasteiger partial charge on any atom is 0.163 e. The fraction of sp³-hybridized carbons (Fsp3) is 0.562. The van der Waals surface area contributed by atoms with Crippen LogP contribution in [0.5, 0.6) is 5.75 Å². The zero-order valence-corrected chi connectivity index (χ0v) is 12.0. The minimum absolute atomic E-state index is 0.276. The first-order chi connectivity index (χ1) is 9.31. The van der Waals surface area contributed by atoms with E-state index in [1.54, 1.807) is 0 Å². The van der Waals surface area contributed by atoms with Gasteiger partial charge in [-0.3, -0.25) is 4.79 Å². The van der Waals surface area contributed by atoms with E-state index in [1.165, 1.54) is 24.3 Å². The van der Waals surface area contributed by atoms with Gasteiger partial charge in [-0.2, -0.15) is 11.8 Å². The summed E-state index contributed by atoms with van der Waals surface area (Å²) in [5, 5.41) is 0. The monoisotopic (exact) mass is 276 g/mol. The average molecular weight is 276 g/mol. The summed E-state index contributed by atoms with van der Waals surface area (Å²) in [6, 6.07) is 7.71. The Labute approximate surface area is 118 Å². The zero-order valence-electron chi connectivity index (χ0n) is 11.1. The van der Waals surface area contributed by atoms with Crippen LogP contribution in [0.15, 0.2) is 24.3 Å². The van der Waals surface area contributed by atoms with Gasteiger partial charge in [0.1, 0.15) is 5.75 Å². The van der Waals surface area contributed by atoms with Gasteiger partial charge in [-0.15, -0.1) is 0 Å². The smallest absolute Gasteiger partial charge is 0.163 e. The number of ether oxygens (including phenoxy) is 1. The van der Waals surface area contributed by atoms with Crippen LogP contribution in [0.1, 0.15) is 42.5 Å². The number of hydrogen-bond donors (Lipinski definition) is 0. The van der Waals surface area contributed by atoms with Crippen molar-refractivity contribution in [2.45, 2.75) is 38.2 Å². The number of ketones is 1. The number of rotatable bonds is 5. The van der Waals surface area contributed by atoms with Crippen LogP contribution in [-0.2, 0) is 0 Å². The Hall–Kier alpha value is -0.960. The highest BCUT2D eigenvalue weighted by Gasteiger charge is 2.24. The molecule has 0 N–H and O–H groups in total. The molecule has 1 aromatic rings. The van der Waals surface area contributed by atoms with E-state index in [0.29, 0.717) is 18.4 Å². The minimum Gasteiger partial charge on any atom is -0.490 e. The molecule has 1 aliphatic heterocycles. The van der Waals surface area contributed by atoms with Crippen LogP contribution in [0.25, 0.3) is 0 Å². The van der Waals surface area contributed by atoms with Crippen LogP contribution in [0, 0.1) is 5.92 Å². The molecule has 1 aliphatic carbocycles. The highest BCUT2D eigenvalue weighted by Crippen LogP contribution is 2.29. The summed E-state index contributed by atoms with van der Waals surface area (Å²) in [6.07, 6.45) is 5.77. The van der Waals surface area contributed by atoms with Crippen molar-refractivity contribution in [2.24, 2.45) is 5.92 Å². The lowest BCUT2D eigenvalue weighted by atomic mass is 9.93. The molecule has 102 valence electrons. The second kappa shape index (κ2) is 6.00. The molecule has 3 heteroatoms. The number of thioether (sulfide) groups is 1. The normalized spacial score (nSPS) is 20.2. The topological polar surface area (TPSA) is 26.3 Å². The number of benzene rings is 1. The Balaban J connectivity index is 1.61. The third kappa shape index (κ3) is 3.75. The predicted octanol–water partition coefficient (Wildman–Crippen LogP) is 3.94. The Morgan fingerprint density at radius 3 is 2.74 bits per heavy atom. The van der Waals surface area contributed by atoms with Gasteiger partial charge in [0.25, 0.3) is 0 Å². The lowest BCUT2D eigenvalue weighted by molar-refractivity contribution is 0.0958. The van der Waals surface area contributed by atoms with E-state index < -0.39 is 0 Å². The summed E-state index contributed by atoms with van der Waals surface area (Å²) in [5.74, 6) is 4.14. The molecule has 2 fully saturated rings. The molecule has 0 atom stereocenters. The predicted molar refractivity (Wildman–Crippen MR) is 79.1 cm³/mol. The molecule has 0 amide bonds. The molecule has 1 saturated carbocycles. The van der Waals surface area contributed by atoms with E-state index in [-0.39, 0.29) is 5.78 Å². The summed E-state index contributed by atoms with van der Waals surface area (Å²) >= 11 is 2.01. The maximum atomic E-state index is 12.3. The van der Waals surface area contributed by atoms with Crippen LogP contribution in [0.4, 0.5) is 0 Å². The summed E-state index contributed by atoms with van der Waals surface area (Å²) in [7, 11) is 0. The van der Waals surface area contributed by atoms with Gasteiger partial charge >= 0.3 is 0 Å². The largest absolute Gasteiger partial charge is 0.490 e. The van der Waals surface area contributed by atoms with Crippen molar-refractivity contribution < 1.29 is 9.53 Å². The highest BCUT2D eigenvalue weighted by atomic mass is 32.2. The van der Waals surface area contributed by atoms with Crippen molar-refractivity contribution in [2.75, 3.05) is 11.5 Å². The average Bonchev–Trinajstić information content (AvgIpc) is 3.24. The first-order valence-electron chi connectivity index (χ1n) is 7.19. The molecule has 2 nitrogen and oxygen atoms in total. The van der Waals surface area contributed by atoms with E-state index >= 15 is 0 Å². The molecule has 0 spiro atoms. The van der Waals surface area contributed by atoms with E-state index in [4.69, 9.17) is 4.74 Å². The van der Waals surface area contributed by atoms with Crippen molar-refractivity contribution in [3.63, 3.8) is 0 Å². The van der Waals surface area contributed by atoms with Crippen molar-refractivity contribution in [1.82, 2.24) is 0 Å². The van der Waals surface area contributed by atoms with Gasteiger partial charge in [0, 0.05) is 12.0 Å². The van der Waals surface area contributed by atoms with Gasteiger partial charge in [0.05, 0.1) is 6.10 Å². The van der Waals surface area contributed by atoms with Crippen molar-refractivity contribution in [3.05, 3.63) is 29.8 Å². The summed E-state index contributed by atoms with van der Waals surface area (Å²) in [4.78, 5) is 12.3. The molecular weight excluding hydrogens is 256 g/mol.